The predicted octanol–water partition coefficient (Wildman–Crippen LogP) is 4.46. The molecule has 3 aliphatic heterocycles. The molecule has 2 aromatic carbocycles. The lowest BCUT2D eigenvalue weighted by atomic mass is 9.99. The smallest absolute Gasteiger partial charge is 0.262 e. The SMILES string of the molecule is CCCc1c(C#N)cnc2ccc(OC)cc12.O=C1COc2ccc(CNC3CC4CCC(C3)N4)cc2N1. The molecule has 6 rings (SSSR count). The van der Waals surface area contributed by atoms with E-state index in [0.29, 0.717) is 23.7 Å². The molecule has 3 N–H and O–H groups in total. The third-order valence-corrected chi connectivity index (χ3v) is 7.55. The first-order valence-electron chi connectivity index (χ1n) is 13.5. The number of amides is 1. The van der Waals surface area contributed by atoms with Crippen LogP contribution in [0, 0.1) is 11.3 Å². The Balaban J connectivity index is 0.000000159. The standard InChI is InChI=1S/C16H21N3O2.C14H14N2O/c20-16-9-21-15-4-1-10(5-14(15)19-16)8-17-13-6-11-2-3-12(7-13)18-11;1-3-4-12-10(8-15)9-16-14-6-5-11(17-2)7-13(12)14/h1,4-5,11-13,17-18H,2-3,6-9H2,(H,19,20);5-7,9H,3-4H2,1-2H3. The first kappa shape index (κ1) is 26.0. The molecule has 4 heterocycles. The molecule has 3 aliphatic rings. The molecule has 1 amide bonds. The van der Waals surface area contributed by atoms with Crippen molar-refractivity contribution in [2.24, 2.45) is 0 Å². The second kappa shape index (κ2) is 11.8. The molecule has 2 atom stereocenters. The van der Waals surface area contributed by atoms with E-state index in [-0.39, 0.29) is 12.5 Å². The molecule has 2 unspecified atom stereocenters. The van der Waals surface area contributed by atoms with Crippen molar-refractivity contribution in [1.29, 1.82) is 5.26 Å². The van der Waals surface area contributed by atoms with Crippen molar-refractivity contribution >= 4 is 22.5 Å². The summed E-state index contributed by atoms with van der Waals surface area (Å²) in [6, 6.07) is 16.0. The van der Waals surface area contributed by atoms with Crippen LogP contribution in [0.5, 0.6) is 11.5 Å². The maximum Gasteiger partial charge on any atom is 0.262 e. The zero-order chi connectivity index (χ0) is 26.5. The average Bonchev–Trinajstić information content (AvgIpc) is 3.29. The van der Waals surface area contributed by atoms with Gasteiger partial charge < -0.3 is 25.4 Å². The van der Waals surface area contributed by atoms with E-state index in [1.54, 1.807) is 13.3 Å². The van der Waals surface area contributed by atoms with Crippen LogP contribution in [0.15, 0.2) is 42.6 Å². The summed E-state index contributed by atoms with van der Waals surface area (Å²) in [6.45, 7) is 3.06. The molecule has 1 aromatic heterocycles. The highest BCUT2D eigenvalue weighted by Crippen LogP contribution is 2.30. The van der Waals surface area contributed by atoms with Gasteiger partial charge in [0.1, 0.15) is 17.6 Å². The molecule has 2 bridgehead atoms. The van der Waals surface area contributed by atoms with Gasteiger partial charge in [0.05, 0.1) is 23.9 Å². The van der Waals surface area contributed by atoms with E-state index in [9.17, 15) is 4.79 Å². The first-order valence-corrected chi connectivity index (χ1v) is 13.5. The number of hydrogen-bond donors (Lipinski definition) is 3. The second-order valence-corrected chi connectivity index (χ2v) is 10.2. The summed E-state index contributed by atoms with van der Waals surface area (Å²) in [5.41, 5.74) is 4.61. The number of pyridine rings is 1. The molecule has 0 saturated carbocycles. The number of aryl methyl sites for hydroxylation is 1. The van der Waals surface area contributed by atoms with Crippen LogP contribution < -0.4 is 25.4 Å². The Kier molecular flexibility index (Phi) is 8.06. The van der Waals surface area contributed by atoms with Gasteiger partial charge in [-0.05, 0) is 73.6 Å². The molecule has 3 aromatic rings. The Morgan fingerprint density at radius 2 is 2.00 bits per heavy atom. The third-order valence-electron chi connectivity index (χ3n) is 7.55. The van der Waals surface area contributed by atoms with Crippen molar-refractivity contribution in [3.8, 4) is 17.6 Å². The fourth-order valence-corrected chi connectivity index (χ4v) is 5.70. The van der Waals surface area contributed by atoms with Crippen molar-refractivity contribution in [3.63, 3.8) is 0 Å². The highest BCUT2D eigenvalue weighted by Gasteiger charge is 2.33. The highest BCUT2D eigenvalue weighted by atomic mass is 16.5. The van der Waals surface area contributed by atoms with Crippen molar-refractivity contribution in [1.82, 2.24) is 15.6 Å². The zero-order valence-corrected chi connectivity index (χ0v) is 22.0. The molecule has 0 radical (unpaired) electrons. The zero-order valence-electron chi connectivity index (χ0n) is 22.0. The lowest BCUT2D eigenvalue weighted by molar-refractivity contribution is -0.118. The third kappa shape index (κ3) is 5.90. The van der Waals surface area contributed by atoms with Gasteiger partial charge in [-0.2, -0.15) is 5.26 Å². The number of fused-ring (bicyclic) bond motifs is 4. The monoisotopic (exact) mass is 513 g/mol. The van der Waals surface area contributed by atoms with Crippen molar-refractivity contribution in [2.75, 3.05) is 19.0 Å². The van der Waals surface area contributed by atoms with E-state index in [1.165, 1.54) is 31.2 Å². The quantitative estimate of drug-likeness (QED) is 0.447. The number of hydrogen-bond acceptors (Lipinski definition) is 7. The van der Waals surface area contributed by atoms with Gasteiger partial charge in [-0.1, -0.05) is 19.4 Å². The topological polar surface area (TPSA) is 108 Å². The maximum atomic E-state index is 11.4. The van der Waals surface area contributed by atoms with Gasteiger partial charge in [-0.25, -0.2) is 0 Å². The van der Waals surface area contributed by atoms with Crippen LogP contribution in [0.1, 0.15) is 55.7 Å². The summed E-state index contributed by atoms with van der Waals surface area (Å²) in [4.78, 5) is 15.7. The minimum absolute atomic E-state index is 0.0810. The minimum atomic E-state index is -0.0810. The van der Waals surface area contributed by atoms with Crippen molar-refractivity contribution < 1.29 is 14.3 Å². The number of carbonyl (C=O) groups is 1. The second-order valence-electron chi connectivity index (χ2n) is 10.2. The summed E-state index contributed by atoms with van der Waals surface area (Å²) in [6.07, 6.45) is 8.64. The number of piperidine rings is 1. The van der Waals surface area contributed by atoms with Crippen LogP contribution >= 0.6 is 0 Å². The van der Waals surface area contributed by atoms with Crippen LogP contribution in [-0.2, 0) is 17.8 Å². The number of nitrogens with zero attached hydrogens (tertiary/aromatic N) is 2. The number of ether oxygens (including phenoxy) is 2. The van der Waals surface area contributed by atoms with E-state index >= 15 is 0 Å². The Labute approximate surface area is 223 Å². The van der Waals surface area contributed by atoms with E-state index in [0.717, 1.165) is 53.0 Å². The number of anilines is 1. The van der Waals surface area contributed by atoms with Gasteiger partial charge in [0.25, 0.3) is 5.91 Å². The lowest BCUT2D eigenvalue weighted by Gasteiger charge is -2.30. The summed E-state index contributed by atoms with van der Waals surface area (Å²) >= 11 is 0. The average molecular weight is 514 g/mol. The first-order chi connectivity index (χ1) is 18.6. The Morgan fingerprint density at radius 3 is 2.74 bits per heavy atom. The number of benzene rings is 2. The summed E-state index contributed by atoms with van der Waals surface area (Å²) in [7, 11) is 1.64. The number of carbonyl (C=O) groups excluding carboxylic acids is 1. The van der Waals surface area contributed by atoms with Gasteiger partial charge in [0.15, 0.2) is 6.61 Å². The molecule has 38 heavy (non-hydrogen) atoms. The van der Waals surface area contributed by atoms with Gasteiger partial charge in [-0.15, -0.1) is 0 Å². The summed E-state index contributed by atoms with van der Waals surface area (Å²) in [5.74, 6) is 1.48. The normalized spacial score (nSPS) is 21.4. The Bertz CT molecular complexity index is 1340. The number of nitrogens with one attached hydrogen (secondary N) is 3. The highest BCUT2D eigenvalue weighted by molar-refractivity contribution is 5.95. The van der Waals surface area contributed by atoms with Crippen LogP contribution in [-0.4, -0.2) is 42.7 Å². The molecule has 8 nitrogen and oxygen atoms in total. The van der Waals surface area contributed by atoms with Crippen LogP contribution in [0.25, 0.3) is 10.9 Å². The number of rotatable bonds is 6. The Hall–Kier alpha value is -3.67. The van der Waals surface area contributed by atoms with Crippen molar-refractivity contribution in [3.05, 3.63) is 59.3 Å². The molecule has 198 valence electrons. The molecular weight excluding hydrogens is 478 g/mol. The number of methoxy groups -OCH3 is 1. The fraction of sp³-hybridized carbons (Fsp3) is 0.433. The molecule has 2 saturated heterocycles. The van der Waals surface area contributed by atoms with Gasteiger partial charge in [0, 0.05) is 36.3 Å². The van der Waals surface area contributed by atoms with E-state index in [4.69, 9.17) is 14.7 Å². The van der Waals surface area contributed by atoms with E-state index < -0.39 is 0 Å². The van der Waals surface area contributed by atoms with Crippen LogP contribution in [0.3, 0.4) is 0 Å². The largest absolute Gasteiger partial charge is 0.497 e. The maximum absolute atomic E-state index is 11.4. The predicted molar refractivity (Wildman–Crippen MR) is 147 cm³/mol. The van der Waals surface area contributed by atoms with Crippen molar-refractivity contribution in [2.45, 2.75) is 70.1 Å². The Morgan fingerprint density at radius 1 is 1.18 bits per heavy atom. The van der Waals surface area contributed by atoms with Gasteiger partial charge in [-0.3, -0.25) is 9.78 Å². The molecule has 0 spiro atoms. The van der Waals surface area contributed by atoms with Crippen LogP contribution in [0.4, 0.5) is 5.69 Å². The van der Waals surface area contributed by atoms with E-state index in [1.807, 2.05) is 30.3 Å². The van der Waals surface area contributed by atoms with E-state index in [2.05, 4.69) is 40.0 Å². The van der Waals surface area contributed by atoms with Gasteiger partial charge in [0.2, 0.25) is 0 Å². The number of nitriles is 1. The van der Waals surface area contributed by atoms with Gasteiger partial charge >= 0.3 is 0 Å². The van der Waals surface area contributed by atoms with Crippen LogP contribution in [0.2, 0.25) is 0 Å². The molecule has 8 heteroatoms. The lowest BCUT2D eigenvalue weighted by Crippen LogP contribution is -2.46. The summed E-state index contributed by atoms with van der Waals surface area (Å²) < 4.78 is 10.6. The minimum Gasteiger partial charge on any atom is -0.497 e. The molecular formula is C30H35N5O3. The number of aromatic nitrogens is 1. The molecule has 0 aliphatic carbocycles. The summed E-state index contributed by atoms with van der Waals surface area (Å²) in [5, 5.41) is 20.3. The molecule has 2 fully saturated rings. The fourth-order valence-electron chi connectivity index (χ4n) is 5.70.